The molecule has 1 aromatic heterocycles. The van der Waals surface area contributed by atoms with Gasteiger partial charge in [-0.3, -0.25) is 0 Å². The Balaban J connectivity index is 2.61. The highest BCUT2D eigenvalue weighted by Gasteiger charge is 1.90. The molecule has 0 aromatic carbocycles. The van der Waals surface area contributed by atoms with Gasteiger partial charge in [-0.1, -0.05) is 0 Å². The van der Waals surface area contributed by atoms with Gasteiger partial charge in [0.2, 0.25) is 0 Å². The molecule has 4 heteroatoms. The van der Waals surface area contributed by atoms with E-state index in [1.807, 2.05) is 6.92 Å². The molecule has 0 aliphatic rings. The number of aromatic nitrogens is 2. The van der Waals surface area contributed by atoms with Gasteiger partial charge in [0, 0.05) is 18.3 Å². The quantitative estimate of drug-likeness (QED) is 0.680. The lowest BCUT2D eigenvalue weighted by atomic mass is 10.5. The first-order chi connectivity index (χ1) is 4.33. The maximum atomic E-state index is 5.46. The zero-order chi connectivity index (χ0) is 6.69. The zero-order valence-electron chi connectivity index (χ0n) is 5.13. The summed E-state index contributed by atoms with van der Waals surface area (Å²) < 4.78 is 1.25. The van der Waals surface area contributed by atoms with Gasteiger partial charge in [0.1, 0.15) is 0 Å². The molecule has 1 aromatic rings. The summed E-state index contributed by atoms with van der Waals surface area (Å²) in [6.07, 6.45) is 3.39. The van der Waals surface area contributed by atoms with Gasteiger partial charge in [-0.15, -0.1) is 0 Å². The Morgan fingerprint density at radius 3 is 3.11 bits per heavy atom. The molecule has 0 saturated heterocycles. The molecule has 0 spiro atoms. The topological polar surface area (TPSA) is 29.9 Å². The van der Waals surface area contributed by atoms with E-state index in [9.17, 15) is 0 Å². The van der Waals surface area contributed by atoms with Crippen LogP contribution in [0.3, 0.4) is 0 Å². The van der Waals surface area contributed by atoms with Crippen molar-refractivity contribution in [1.82, 2.24) is 9.30 Å². The molecule has 0 saturated carbocycles. The second kappa shape index (κ2) is 2.73. The molecule has 0 bridgehead atoms. The summed E-state index contributed by atoms with van der Waals surface area (Å²) in [5.74, 6) is 0. The van der Waals surface area contributed by atoms with E-state index < -0.39 is 0 Å². The highest BCUT2D eigenvalue weighted by atomic mass is 35.5. The standard InChI is InChI=1S/C5H8ClN3/c1-2-7-5-3-8-9(6)4-5/h3-4,7H,2H2,1H3. The molecule has 0 aliphatic heterocycles. The van der Waals surface area contributed by atoms with Crippen LogP contribution in [-0.4, -0.2) is 15.8 Å². The van der Waals surface area contributed by atoms with Crippen molar-refractivity contribution in [2.24, 2.45) is 0 Å². The summed E-state index contributed by atoms with van der Waals surface area (Å²) >= 11 is 5.46. The van der Waals surface area contributed by atoms with Crippen molar-refractivity contribution in [1.29, 1.82) is 0 Å². The van der Waals surface area contributed by atoms with Crippen molar-refractivity contribution in [3.8, 4) is 0 Å². The Kier molecular flexibility index (Phi) is 1.95. The van der Waals surface area contributed by atoms with Crippen molar-refractivity contribution < 1.29 is 0 Å². The molecule has 0 radical (unpaired) electrons. The van der Waals surface area contributed by atoms with Crippen LogP contribution in [-0.2, 0) is 0 Å². The Hall–Kier alpha value is -0.700. The van der Waals surface area contributed by atoms with Gasteiger partial charge in [0.05, 0.1) is 18.1 Å². The molecule has 3 nitrogen and oxygen atoms in total. The van der Waals surface area contributed by atoms with E-state index in [4.69, 9.17) is 11.8 Å². The maximum Gasteiger partial charge on any atom is 0.0742 e. The summed E-state index contributed by atoms with van der Waals surface area (Å²) in [6.45, 7) is 2.91. The van der Waals surface area contributed by atoms with Crippen LogP contribution in [0, 0.1) is 0 Å². The van der Waals surface area contributed by atoms with Crippen molar-refractivity contribution in [3.05, 3.63) is 12.4 Å². The van der Waals surface area contributed by atoms with E-state index in [2.05, 4.69) is 10.4 Å². The second-order valence-corrected chi connectivity index (χ2v) is 1.99. The molecule has 9 heavy (non-hydrogen) atoms. The van der Waals surface area contributed by atoms with Gasteiger partial charge >= 0.3 is 0 Å². The van der Waals surface area contributed by atoms with Crippen LogP contribution in [0.5, 0.6) is 0 Å². The number of nitrogens with one attached hydrogen (secondary N) is 1. The SMILES string of the molecule is CCNc1cnn(Cl)c1. The normalized spacial score (nSPS) is 9.56. The number of hydrogen-bond acceptors (Lipinski definition) is 2. The molecule has 0 aliphatic carbocycles. The highest BCUT2D eigenvalue weighted by Crippen LogP contribution is 2.03. The van der Waals surface area contributed by atoms with Gasteiger partial charge in [-0.25, -0.2) is 0 Å². The fourth-order valence-corrected chi connectivity index (χ4v) is 0.743. The van der Waals surface area contributed by atoms with Crippen LogP contribution in [0.25, 0.3) is 0 Å². The smallest absolute Gasteiger partial charge is 0.0742 e. The Morgan fingerprint density at radius 1 is 1.89 bits per heavy atom. The lowest BCUT2D eigenvalue weighted by Crippen LogP contribution is -1.93. The third kappa shape index (κ3) is 1.61. The van der Waals surface area contributed by atoms with Crippen LogP contribution < -0.4 is 5.32 Å². The number of nitrogens with zero attached hydrogens (tertiary/aromatic N) is 2. The number of hydrogen-bond donors (Lipinski definition) is 1. The Bertz CT molecular complexity index is 184. The Morgan fingerprint density at radius 2 is 2.67 bits per heavy atom. The fourth-order valence-electron chi connectivity index (χ4n) is 0.594. The minimum atomic E-state index is 0.891. The summed E-state index contributed by atoms with van der Waals surface area (Å²) in [4.78, 5) is 0. The lowest BCUT2D eigenvalue weighted by molar-refractivity contribution is 0.994. The van der Waals surface area contributed by atoms with Gasteiger partial charge < -0.3 is 5.32 Å². The van der Waals surface area contributed by atoms with Crippen LogP contribution in [0.1, 0.15) is 6.92 Å². The first kappa shape index (κ1) is 6.42. The maximum absolute atomic E-state index is 5.46. The van der Waals surface area contributed by atoms with Crippen LogP contribution in [0.2, 0.25) is 0 Å². The van der Waals surface area contributed by atoms with Crippen molar-refractivity contribution in [2.75, 3.05) is 11.9 Å². The van der Waals surface area contributed by atoms with E-state index in [1.165, 1.54) is 4.20 Å². The van der Waals surface area contributed by atoms with Gasteiger partial charge in [-0.2, -0.15) is 9.30 Å². The summed E-state index contributed by atoms with van der Waals surface area (Å²) in [5, 5.41) is 6.82. The molecule has 0 unspecified atom stereocenters. The molecule has 1 heterocycles. The largest absolute Gasteiger partial charge is 0.383 e. The van der Waals surface area contributed by atoms with Crippen molar-refractivity contribution >= 4 is 17.5 Å². The van der Waals surface area contributed by atoms with Gasteiger partial charge in [0.15, 0.2) is 0 Å². The van der Waals surface area contributed by atoms with Crippen LogP contribution in [0.15, 0.2) is 12.4 Å². The second-order valence-electron chi connectivity index (χ2n) is 1.65. The monoisotopic (exact) mass is 145 g/mol. The number of rotatable bonds is 2. The van der Waals surface area contributed by atoms with E-state index >= 15 is 0 Å². The average Bonchev–Trinajstić information content (AvgIpc) is 2.17. The minimum Gasteiger partial charge on any atom is -0.383 e. The predicted molar refractivity (Wildman–Crippen MR) is 37.6 cm³/mol. The van der Waals surface area contributed by atoms with Gasteiger partial charge in [0.25, 0.3) is 0 Å². The fraction of sp³-hybridized carbons (Fsp3) is 0.400. The molecular formula is C5H8ClN3. The summed E-state index contributed by atoms with van der Waals surface area (Å²) in [5.41, 5.74) is 0.951. The van der Waals surface area contributed by atoms with E-state index in [1.54, 1.807) is 12.4 Å². The third-order valence-electron chi connectivity index (χ3n) is 0.934. The van der Waals surface area contributed by atoms with E-state index in [0.29, 0.717) is 0 Å². The number of anilines is 1. The molecule has 50 valence electrons. The lowest BCUT2D eigenvalue weighted by Gasteiger charge is -1.92. The minimum absolute atomic E-state index is 0.891. The Labute approximate surface area is 58.7 Å². The van der Waals surface area contributed by atoms with Gasteiger partial charge in [-0.05, 0) is 6.92 Å². The summed E-state index contributed by atoms with van der Waals surface area (Å²) in [7, 11) is 0. The first-order valence-corrected chi connectivity index (χ1v) is 3.11. The molecule has 1 rings (SSSR count). The highest BCUT2D eigenvalue weighted by molar-refractivity contribution is 6.14. The van der Waals surface area contributed by atoms with Crippen molar-refractivity contribution in [3.63, 3.8) is 0 Å². The average molecular weight is 146 g/mol. The van der Waals surface area contributed by atoms with Crippen molar-refractivity contribution in [2.45, 2.75) is 6.92 Å². The van der Waals surface area contributed by atoms with Crippen LogP contribution in [0.4, 0.5) is 5.69 Å². The molecule has 0 atom stereocenters. The predicted octanol–water partition coefficient (Wildman–Crippen LogP) is 1.32. The zero-order valence-corrected chi connectivity index (χ0v) is 5.89. The summed E-state index contributed by atoms with van der Waals surface area (Å²) in [6, 6.07) is 0. The molecule has 0 fully saturated rings. The van der Waals surface area contributed by atoms with E-state index in [0.717, 1.165) is 12.2 Å². The molecule has 0 amide bonds. The van der Waals surface area contributed by atoms with E-state index in [-0.39, 0.29) is 0 Å². The number of halogens is 1. The van der Waals surface area contributed by atoms with Crippen LogP contribution >= 0.6 is 11.8 Å². The first-order valence-electron chi connectivity index (χ1n) is 2.77. The molecule has 1 N–H and O–H groups in total. The third-order valence-corrected chi connectivity index (χ3v) is 1.12. The molecular weight excluding hydrogens is 138 g/mol.